The molecule has 138 valence electrons. The van der Waals surface area contributed by atoms with Gasteiger partial charge in [-0.15, -0.1) is 0 Å². The Labute approximate surface area is 153 Å². The number of Topliss-reactive ketones (excluding diaryl/α,β-unsaturated/α-hetero) is 1. The number of fused-ring (bicyclic) bond motifs is 1. The number of carbonyl (C=O) groups excluding carboxylic acids is 3. The highest BCUT2D eigenvalue weighted by molar-refractivity contribution is 6.02. The lowest BCUT2D eigenvalue weighted by atomic mass is 9.92. The number of amides is 2. The largest absolute Gasteiger partial charge is 0.487 e. The van der Waals surface area contributed by atoms with Gasteiger partial charge in [-0.2, -0.15) is 0 Å². The summed E-state index contributed by atoms with van der Waals surface area (Å²) in [5.74, 6) is 0.245. The first-order valence-corrected chi connectivity index (χ1v) is 8.87. The number of benzene rings is 1. The summed E-state index contributed by atoms with van der Waals surface area (Å²) in [5.41, 5.74) is 0.592. The van der Waals surface area contributed by atoms with E-state index in [4.69, 9.17) is 4.74 Å². The van der Waals surface area contributed by atoms with Crippen LogP contribution in [0.15, 0.2) is 30.9 Å². The van der Waals surface area contributed by atoms with Crippen LogP contribution in [0.3, 0.4) is 0 Å². The fourth-order valence-electron chi connectivity index (χ4n) is 3.47. The smallest absolute Gasteiger partial charge is 0.245 e. The highest BCUT2D eigenvalue weighted by atomic mass is 16.5. The Kier molecular flexibility index (Phi) is 4.85. The van der Waals surface area contributed by atoms with E-state index < -0.39 is 5.60 Å². The Bertz CT molecular complexity index is 761. The predicted octanol–water partition coefficient (Wildman–Crippen LogP) is 2.79. The Morgan fingerprint density at radius 1 is 1.31 bits per heavy atom. The van der Waals surface area contributed by atoms with E-state index in [9.17, 15) is 14.4 Å². The van der Waals surface area contributed by atoms with Crippen LogP contribution in [0, 0.1) is 5.92 Å². The van der Waals surface area contributed by atoms with E-state index in [1.165, 1.54) is 6.08 Å². The van der Waals surface area contributed by atoms with E-state index in [0.717, 1.165) is 0 Å². The van der Waals surface area contributed by atoms with Crippen LogP contribution in [0.1, 0.15) is 43.5 Å². The van der Waals surface area contributed by atoms with Gasteiger partial charge in [-0.25, -0.2) is 0 Å². The third kappa shape index (κ3) is 3.79. The molecule has 0 radical (unpaired) electrons. The maximum absolute atomic E-state index is 12.5. The third-order valence-corrected chi connectivity index (χ3v) is 4.87. The zero-order valence-electron chi connectivity index (χ0n) is 15.2. The Morgan fingerprint density at radius 2 is 2.00 bits per heavy atom. The van der Waals surface area contributed by atoms with Crippen molar-refractivity contribution < 1.29 is 19.1 Å². The van der Waals surface area contributed by atoms with Crippen molar-refractivity contribution in [1.82, 2.24) is 4.90 Å². The van der Waals surface area contributed by atoms with Gasteiger partial charge in [-0.3, -0.25) is 14.4 Å². The zero-order valence-corrected chi connectivity index (χ0v) is 15.2. The van der Waals surface area contributed by atoms with Gasteiger partial charge in [0, 0.05) is 24.7 Å². The lowest BCUT2D eigenvalue weighted by Crippen LogP contribution is -2.40. The van der Waals surface area contributed by atoms with Crippen molar-refractivity contribution in [2.45, 2.75) is 38.7 Å². The summed E-state index contributed by atoms with van der Waals surface area (Å²) in [6.45, 7) is 8.35. The molecule has 0 unspecified atom stereocenters. The zero-order chi connectivity index (χ0) is 18.9. The number of carbonyl (C=O) groups is 3. The minimum Gasteiger partial charge on any atom is -0.487 e. The van der Waals surface area contributed by atoms with Crippen molar-refractivity contribution >= 4 is 23.3 Å². The number of nitrogens with one attached hydrogen (secondary N) is 1. The van der Waals surface area contributed by atoms with E-state index in [-0.39, 0.29) is 23.5 Å². The molecular weight excluding hydrogens is 332 g/mol. The minimum absolute atomic E-state index is 0.0172. The molecule has 6 heteroatoms. The van der Waals surface area contributed by atoms with Gasteiger partial charge in [0.2, 0.25) is 11.8 Å². The number of hydrogen-bond acceptors (Lipinski definition) is 4. The van der Waals surface area contributed by atoms with E-state index in [0.29, 0.717) is 49.4 Å². The first-order valence-electron chi connectivity index (χ1n) is 8.87. The number of anilines is 1. The van der Waals surface area contributed by atoms with Crippen molar-refractivity contribution in [3.63, 3.8) is 0 Å². The van der Waals surface area contributed by atoms with E-state index >= 15 is 0 Å². The molecule has 0 atom stereocenters. The van der Waals surface area contributed by atoms with Crippen LogP contribution < -0.4 is 10.1 Å². The van der Waals surface area contributed by atoms with Crippen molar-refractivity contribution in [3.05, 3.63) is 36.4 Å². The molecule has 1 aromatic rings. The quantitative estimate of drug-likeness (QED) is 0.845. The fourth-order valence-corrected chi connectivity index (χ4v) is 3.47. The number of piperidine rings is 1. The molecule has 2 amide bonds. The number of likely N-dealkylation sites (tertiary alicyclic amines) is 1. The van der Waals surface area contributed by atoms with Gasteiger partial charge < -0.3 is 15.0 Å². The lowest BCUT2D eigenvalue weighted by molar-refractivity contribution is -0.130. The standard InChI is InChI=1S/C20H24N2O4/c1-4-18(24)22-9-7-13(8-10-22)19(25)21-14-5-6-17-15(11-14)16(23)12-20(2,3)26-17/h4-6,11,13H,1,7-10,12H2,2-3H3,(H,21,25). The van der Waals surface area contributed by atoms with Gasteiger partial charge in [0.25, 0.3) is 0 Å². The summed E-state index contributed by atoms with van der Waals surface area (Å²) in [6.07, 6.45) is 2.85. The molecule has 0 aromatic heterocycles. The Morgan fingerprint density at radius 3 is 2.65 bits per heavy atom. The number of rotatable bonds is 3. The molecule has 1 aromatic carbocycles. The van der Waals surface area contributed by atoms with Crippen molar-refractivity contribution in [3.8, 4) is 5.75 Å². The summed E-state index contributed by atoms with van der Waals surface area (Å²) >= 11 is 0. The molecule has 0 saturated carbocycles. The molecule has 26 heavy (non-hydrogen) atoms. The van der Waals surface area contributed by atoms with Crippen LogP contribution in [-0.2, 0) is 9.59 Å². The second-order valence-corrected chi connectivity index (χ2v) is 7.47. The number of ether oxygens (including phenoxy) is 1. The summed E-state index contributed by atoms with van der Waals surface area (Å²) in [4.78, 5) is 38.2. The van der Waals surface area contributed by atoms with Crippen molar-refractivity contribution in [1.29, 1.82) is 0 Å². The summed E-state index contributed by atoms with van der Waals surface area (Å²) in [6, 6.07) is 5.16. The monoisotopic (exact) mass is 356 g/mol. The Hall–Kier alpha value is -2.63. The lowest BCUT2D eigenvalue weighted by Gasteiger charge is -2.32. The van der Waals surface area contributed by atoms with Crippen LogP contribution in [0.25, 0.3) is 0 Å². The maximum Gasteiger partial charge on any atom is 0.245 e. The van der Waals surface area contributed by atoms with Gasteiger partial charge in [-0.05, 0) is 51.0 Å². The summed E-state index contributed by atoms with van der Waals surface area (Å²) in [7, 11) is 0. The molecule has 1 N–H and O–H groups in total. The van der Waals surface area contributed by atoms with Crippen LogP contribution in [0.2, 0.25) is 0 Å². The predicted molar refractivity (Wildman–Crippen MR) is 98.2 cm³/mol. The molecular formula is C20H24N2O4. The van der Waals surface area contributed by atoms with E-state index in [1.807, 2.05) is 13.8 Å². The van der Waals surface area contributed by atoms with Gasteiger partial charge in [0.15, 0.2) is 5.78 Å². The van der Waals surface area contributed by atoms with E-state index in [1.54, 1.807) is 23.1 Å². The molecule has 2 aliphatic rings. The fraction of sp³-hybridized carbons (Fsp3) is 0.450. The number of ketones is 1. The number of hydrogen-bond donors (Lipinski definition) is 1. The van der Waals surface area contributed by atoms with Crippen LogP contribution in [0.4, 0.5) is 5.69 Å². The molecule has 2 heterocycles. The topological polar surface area (TPSA) is 75.7 Å². The molecule has 1 fully saturated rings. The molecule has 0 bridgehead atoms. The van der Waals surface area contributed by atoms with Crippen LogP contribution in [-0.4, -0.2) is 41.2 Å². The average Bonchev–Trinajstić information content (AvgIpc) is 2.61. The first-order chi connectivity index (χ1) is 12.3. The minimum atomic E-state index is -0.508. The normalized spacial score (nSPS) is 19.3. The highest BCUT2D eigenvalue weighted by Crippen LogP contribution is 2.34. The maximum atomic E-state index is 12.5. The van der Waals surface area contributed by atoms with Gasteiger partial charge in [0.05, 0.1) is 12.0 Å². The van der Waals surface area contributed by atoms with Gasteiger partial charge in [-0.1, -0.05) is 6.58 Å². The molecule has 0 aliphatic carbocycles. The molecule has 0 spiro atoms. The summed E-state index contributed by atoms with van der Waals surface area (Å²) < 4.78 is 5.83. The summed E-state index contributed by atoms with van der Waals surface area (Å²) in [5, 5.41) is 2.89. The molecule has 2 aliphatic heterocycles. The molecule has 3 rings (SSSR count). The first kappa shape index (κ1) is 18.2. The third-order valence-electron chi connectivity index (χ3n) is 4.87. The van der Waals surface area contributed by atoms with Gasteiger partial charge in [0.1, 0.15) is 11.4 Å². The SMILES string of the molecule is C=CC(=O)N1CCC(C(=O)Nc2ccc3c(c2)C(=O)CC(C)(C)O3)CC1. The molecule has 6 nitrogen and oxygen atoms in total. The number of nitrogens with zero attached hydrogens (tertiary/aromatic N) is 1. The second kappa shape index (κ2) is 6.94. The van der Waals surface area contributed by atoms with E-state index in [2.05, 4.69) is 11.9 Å². The van der Waals surface area contributed by atoms with Crippen molar-refractivity contribution in [2.24, 2.45) is 5.92 Å². The second-order valence-electron chi connectivity index (χ2n) is 7.47. The highest BCUT2D eigenvalue weighted by Gasteiger charge is 2.33. The van der Waals surface area contributed by atoms with Crippen LogP contribution >= 0.6 is 0 Å². The molecule has 1 saturated heterocycles. The van der Waals surface area contributed by atoms with Crippen molar-refractivity contribution in [2.75, 3.05) is 18.4 Å². The Balaban J connectivity index is 1.64. The van der Waals surface area contributed by atoms with Crippen LogP contribution in [0.5, 0.6) is 5.75 Å². The van der Waals surface area contributed by atoms with Gasteiger partial charge >= 0.3 is 0 Å². The average molecular weight is 356 g/mol.